The normalized spacial score (nSPS) is 19.5. The van der Waals surface area contributed by atoms with Crippen LogP contribution in [-0.2, 0) is 0 Å². The Balaban J connectivity index is 2.18. The third-order valence-corrected chi connectivity index (χ3v) is 3.46. The van der Waals surface area contributed by atoms with E-state index in [1.807, 2.05) is 19.2 Å². The van der Waals surface area contributed by atoms with E-state index in [2.05, 4.69) is 16.0 Å². The number of hydrogen-bond donors (Lipinski definition) is 1. The van der Waals surface area contributed by atoms with Gasteiger partial charge in [-0.3, -0.25) is 0 Å². The summed E-state index contributed by atoms with van der Waals surface area (Å²) in [6.45, 7) is 4.28. The van der Waals surface area contributed by atoms with Crippen LogP contribution in [0.2, 0.25) is 0 Å². The summed E-state index contributed by atoms with van der Waals surface area (Å²) in [7, 11) is 0. The van der Waals surface area contributed by atoms with Crippen LogP contribution in [0.1, 0.15) is 50.6 Å². The summed E-state index contributed by atoms with van der Waals surface area (Å²) in [6.07, 6.45) is 8.49. The Morgan fingerprint density at radius 2 is 1.82 bits per heavy atom. The molecule has 1 aromatic rings. The largest absolute Gasteiger partial charge is 0.356 e. The smallest absolute Gasteiger partial charge is 0.133 e. The van der Waals surface area contributed by atoms with Gasteiger partial charge in [0.15, 0.2) is 0 Å². The molecule has 0 amide bonds. The molecule has 2 heterocycles. The van der Waals surface area contributed by atoms with Gasteiger partial charge in [-0.15, -0.1) is 0 Å². The van der Waals surface area contributed by atoms with E-state index in [9.17, 15) is 0 Å². The van der Waals surface area contributed by atoms with Gasteiger partial charge in [0.05, 0.1) is 0 Å². The van der Waals surface area contributed by atoms with Gasteiger partial charge in [0.25, 0.3) is 0 Å². The van der Waals surface area contributed by atoms with Crippen molar-refractivity contribution in [3.05, 3.63) is 23.9 Å². The summed E-state index contributed by atoms with van der Waals surface area (Å²) < 4.78 is 0. The maximum Gasteiger partial charge on any atom is 0.133 e. The second kappa shape index (κ2) is 6.01. The van der Waals surface area contributed by atoms with E-state index in [0.29, 0.717) is 0 Å². The topological polar surface area (TPSA) is 42.1 Å². The fourth-order valence-corrected chi connectivity index (χ4v) is 2.49. The van der Waals surface area contributed by atoms with Gasteiger partial charge in [0.2, 0.25) is 0 Å². The highest BCUT2D eigenvalue weighted by Crippen LogP contribution is 2.24. The van der Waals surface area contributed by atoms with E-state index in [-0.39, 0.29) is 6.04 Å². The van der Waals surface area contributed by atoms with E-state index in [0.717, 1.165) is 18.9 Å². The molecule has 0 aliphatic carbocycles. The second-order valence-electron chi connectivity index (χ2n) is 4.96. The summed E-state index contributed by atoms with van der Waals surface area (Å²) in [5.41, 5.74) is 7.20. The Labute approximate surface area is 104 Å². The van der Waals surface area contributed by atoms with Crippen LogP contribution in [0.5, 0.6) is 0 Å². The van der Waals surface area contributed by atoms with E-state index < -0.39 is 0 Å². The van der Waals surface area contributed by atoms with Crippen LogP contribution in [0, 0.1) is 0 Å². The number of anilines is 1. The van der Waals surface area contributed by atoms with Crippen molar-refractivity contribution in [2.24, 2.45) is 5.73 Å². The summed E-state index contributed by atoms with van der Waals surface area (Å²) in [6, 6.07) is 4.14. The molecule has 0 unspecified atom stereocenters. The Bertz CT molecular complexity index is 341. The van der Waals surface area contributed by atoms with Crippen molar-refractivity contribution in [2.75, 3.05) is 18.0 Å². The van der Waals surface area contributed by atoms with Crippen molar-refractivity contribution < 1.29 is 0 Å². The third kappa shape index (κ3) is 3.19. The van der Waals surface area contributed by atoms with Gasteiger partial charge in [-0.2, -0.15) is 0 Å². The van der Waals surface area contributed by atoms with Crippen LogP contribution in [0.25, 0.3) is 0 Å². The Morgan fingerprint density at radius 1 is 1.18 bits per heavy atom. The lowest BCUT2D eigenvalue weighted by Gasteiger charge is -2.28. The minimum absolute atomic E-state index is 0.0594. The fourth-order valence-electron chi connectivity index (χ4n) is 2.49. The molecule has 0 radical (unpaired) electrons. The SMILES string of the molecule is C[C@H](N)c1cccnc1N1CCCCCCC1. The van der Waals surface area contributed by atoms with Crippen molar-refractivity contribution >= 4 is 5.82 Å². The van der Waals surface area contributed by atoms with E-state index in [4.69, 9.17) is 5.73 Å². The van der Waals surface area contributed by atoms with Gasteiger partial charge in [-0.05, 0) is 25.8 Å². The van der Waals surface area contributed by atoms with Gasteiger partial charge < -0.3 is 10.6 Å². The van der Waals surface area contributed by atoms with Crippen molar-refractivity contribution in [1.82, 2.24) is 4.98 Å². The van der Waals surface area contributed by atoms with Crippen molar-refractivity contribution in [2.45, 2.75) is 45.1 Å². The highest BCUT2D eigenvalue weighted by Gasteiger charge is 2.15. The molecule has 94 valence electrons. The van der Waals surface area contributed by atoms with Crippen LogP contribution in [-0.4, -0.2) is 18.1 Å². The first-order chi connectivity index (χ1) is 8.29. The Hall–Kier alpha value is -1.09. The number of hydrogen-bond acceptors (Lipinski definition) is 3. The van der Waals surface area contributed by atoms with Gasteiger partial charge >= 0.3 is 0 Å². The van der Waals surface area contributed by atoms with Crippen LogP contribution >= 0.6 is 0 Å². The molecular formula is C14H23N3. The molecule has 17 heavy (non-hydrogen) atoms. The average molecular weight is 233 g/mol. The molecule has 0 bridgehead atoms. The van der Waals surface area contributed by atoms with Crippen LogP contribution in [0.3, 0.4) is 0 Å². The molecule has 1 atom stereocenters. The molecule has 1 aliphatic rings. The first-order valence-corrected chi connectivity index (χ1v) is 6.74. The monoisotopic (exact) mass is 233 g/mol. The molecule has 1 aliphatic heterocycles. The highest BCUT2D eigenvalue weighted by molar-refractivity contribution is 5.48. The maximum absolute atomic E-state index is 6.02. The zero-order valence-electron chi connectivity index (χ0n) is 10.7. The quantitative estimate of drug-likeness (QED) is 0.854. The first-order valence-electron chi connectivity index (χ1n) is 6.74. The van der Waals surface area contributed by atoms with E-state index in [1.165, 1.54) is 37.7 Å². The predicted molar refractivity (Wildman–Crippen MR) is 72.1 cm³/mol. The standard InChI is InChI=1S/C14H23N3/c1-12(15)13-8-7-9-16-14(13)17-10-5-3-2-4-6-11-17/h7-9,12H,2-6,10-11,15H2,1H3/t12-/m0/s1. The lowest BCUT2D eigenvalue weighted by atomic mass is 10.1. The van der Waals surface area contributed by atoms with E-state index in [1.54, 1.807) is 0 Å². The second-order valence-corrected chi connectivity index (χ2v) is 4.96. The summed E-state index contributed by atoms with van der Waals surface area (Å²) >= 11 is 0. The molecule has 1 saturated heterocycles. The Kier molecular flexibility index (Phi) is 4.37. The number of aromatic nitrogens is 1. The molecule has 0 aromatic carbocycles. The van der Waals surface area contributed by atoms with Gasteiger partial charge in [-0.1, -0.05) is 25.3 Å². The number of pyridine rings is 1. The average Bonchev–Trinajstić information content (AvgIpc) is 2.28. The summed E-state index contributed by atoms with van der Waals surface area (Å²) in [5, 5.41) is 0. The molecule has 3 nitrogen and oxygen atoms in total. The zero-order valence-corrected chi connectivity index (χ0v) is 10.7. The van der Waals surface area contributed by atoms with Crippen LogP contribution in [0.4, 0.5) is 5.82 Å². The van der Waals surface area contributed by atoms with E-state index >= 15 is 0 Å². The first kappa shape index (κ1) is 12.4. The molecule has 0 saturated carbocycles. The van der Waals surface area contributed by atoms with Crippen LogP contribution < -0.4 is 10.6 Å². The number of nitrogens with zero attached hydrogens (tertiary/aromatic N) is 2. The highest BCUT2D eigenvalue weighted by atomic mass is 15.2. The third-order valence-electron chi connectivity index (χ3n) is 3.46. The molecule has 1 fully saturated rings. The molecule has 2 N–H and O–H groups in total. The molecule has 0 spiro atoms. The molecule has 2 rings (SSSR count). The Morgan fingerprint density at radius 3 is 2.47 bits per heavy atom. The van der Waals surface area contributed by atoms with Crippen molar-refractivity contribution in [1.29, 1.82) is 0 Å². The minimum Gasteiger partial charge on any atom is -0.356 e. The number of rotatable bonds is 2. The van der Waals surface area contributed by atoms with Gasteiger partial charge in [-0.25, -0.2) is 4.98 Å². The van der Waals surface area contributed by atoms with Crippen molar-refractivity contribution in [3.8, 4) is 0 Å². The van der Waals surface area contributed by atoms with Gasteiger partial charge in [0.1, 0.15) is 5.82 Å². The van der Waals surface area contributed by atoms with Crippen molar-refractivity contribution in [3.63, 3.8) is 0 Å². The zero-order chi connectivity index (χ0) is 12.1. The lowest BCUT2D eigenvalue weighted by molar-refractivity contribution is 0.551. The minimum atomic E-state index is 0.0594. The fraction of sp³-hybridized carbons (Fsp3) is 0.643. The maximum atomic E-state index is 6.02. The lowest BCUT2D eigenvalue weighted by Crippen LogP contribution is -2.29. The predicted octanol–water partition coefficient (Wildman–Crippen LogP) is 2.87. The molecule has 1 aromatic heterocycles. The number of nitrogens with two attached hydrogens (primary N) is 1. The summed E-state index contributed by atoms with van der Waals surface area (Å²) in [5.74, 6) is 1.10. The van der Waals surface area contributed by atoms with Gasteiger partial charge in [0, 0.05) is 30.9 Å². The molecular weight excluding hydrogens is 210 g/mol. The van der Waals surface area contributed by atoms with Crippen LogP contribution in [0.15, 0.2) is 18.3 Å². The summed E-state index contributed by atoms with van der Waals surface area (Å²) in [4.78, 5) is 6.96. The molecule has 3 heteroatoms.